The van der Waals surface area contributed by atoms with Crippen LogP contribution in [0, 0.1) is 5.92 Å². The van der Waals surface area contributed by atoms with Gasteiger partial charge in [0.05, 0.1) is 7.11 Å². The van der Waals surface area contributed by atoms with Gasteiger partial charge >= 0.3 is 0 Å². The molecule has 1 aliphatic rings. The Bertz CT molecular complexity index is 415. The van der Waals surface area contributed by atoms with Gasteiger partial charge in [-0.05, 0) is 49.4 Å². The maximum atomic E-state index is 11.6. The first-order chi connectivity index (χ1) is 8.20. The van der Waals surface area contributed by atoms with Gasteiger partial charge in [0.1, 0.15) is 11.5 Å². The Hall–Kier alpha value is -1.02. The number of methoxy groups -OCH3 is 1. The summed E-state index contributed by atoms with van der Waals surface area (Å²) in [5.41, 5.74) is 1.10. The molecule has 1 aromatic carbocycles. The van der Waals surface area contributed by atoms with Gasteiger partial charge in [-0.25, -0.2) is 0 Å². The molecule has 1 aliphatic carbocycles. The molecule has 0 aliphatic heterocycles. The number of ether oxygens (including phenoxy) is 1. The number of hydrogen-bond acceptors (Lipinski definition) is 2. The third-order valence-electron chi connectivity index (χ3n) is 3.44. The summed E-state index contributed by atoms with van der Waals surface area (Å²) in [4.78, 5) is 11.6. The second-order valence-electron chi connectivity index (χ2n) is 4.55. The first-order valence-electron chi connectivity index (χ1n) is 6.06. The lowest BCUT2D eigenvalue weighted by Gasteiger charge is -2.11. The normalized spacial score (nSPS) is 19.6. The number of benzene rings is 1. The minimum absolute atomic E-state index is 0.249. The molecule has 0 heterocycles. The van der Waals surface area contributed by atoms with E-state index in [9.17, 15) is 4.79 Å². The molecule has 0 aromatic heterocycles. The number of ketones is 1. The summed E-state index contributed by atoms with van der Waals surface area (Å²) in [5, 5.41) is 0.721. The molecule has 3 heteroatoms. The number of carbonyl (C=O) groups is 1. The summed E-state index contributed by atoms with van der Waals surface area (Å²) >= 11 is 5.98. The summed E-state index contributed by atoms with van der Waals surface area (Å²) in [5.74, 6) is 1.53. The largest absolute Gasteiger partial charge is 0.496 e. The molecule has 1 saturated carbocycles. The predicted octanol–water partition coefficient (Wildman–Crippen LogP) is 3.65. The van der Waals surface area contributed by atoms with E-state index in [2.05, 4.69) is 0 Å². The lowest BCUT2D eigenvalue weighted by Crippen LogP contribution is -2.07. The average Bonchev–Trinajstić information content (AvgIpc) is 2.72. The van der Waals surface area contributed by atoms with Crippen molar-refractivity contribution in [2.75, 3.05) is 7.11 Å². The highest BCUT2D eigenvalue weighted by Gasteiger charge is 2.24. The van der Waals surface area contributed by atoms with Crippen molar-refractivity contribution in [1.29, 1.82) is 0 Å². The van der Waals surface area contributed by atoms with Crippen molar-refractivity contribution in [2.24, 2.45) is 5.92 Å². The molecule has 0 spiro atoms. The van der Waals surface area contributed by atoms with Crippen molar-refractivity contribution in [3.63, 3.8) is 0 Å². The quantitative estimate of drug-likeness (QED) is 0.818. The Morgan fingerprint density at radius 1 is 1.47 bits per heavy atom. The van der Waals surface area contributed by atoms with Gasteiger partial charge in [0.25, 0.3) is 0 Å². The molecule has 2 nitrogen and oxygen atoms in total. The molecular formula is C14H17ClO2. The van der Waals surface area contributed by atoms with Gasteiger partial charge < -0.3 is 4.74 Å². The van der Waals surface area contributed by atoms with E-state index < -0.39 is 0 Å². The molecule has 0 bridgehead atoms. The van der Waals surface area contributed by atoms with Crippen molar-refractivity contribution in [3.05, 3.63) is 28.8 Å². The van der Waals surface area contributed by atoms with Crippen molar-refractivity contribution in [3.8, 4) is 5.75 Å². The van der Waals surface area contributed by atoms with Crippen molar-refractivity contribution < 1.29 is 9.53 Å². The van der Waals surface area contributed by atoms with E-state index in [1.54, 1.807) is 7.11 Å². The minimum Gasteiger partial charge on any atom is -0.496 e. The molecule has 1 atom stereocenters. The Kier molecular flexibility index (Phi) is 4.06. The fourth-order valence-corrected chi connectivity index (χ4v) is 2.66. The highest BCUT2D eigenvalue weighted by atomic mass is 35.5. The molecule has 17 heavy (non-hydrogen) atoms. The van der Waals surface area contributed by atoms with E-state index in [-0.39, 0.29) is 5.92 Å². The molecule has 1 fully saturated rings. The van der Waals surface area contributed by atoms with Crippen molar-refractivity contribution in [1.82, 2.24) is 0 Å². The molecule has 92 valence electrons. The monoisotopic (exact) mass is 252 g/mol. The van der Waals surface area contributed by atoms with Crippen LogP contribution in [0.4, 0.5) is 0 Å². The number of halogens is 1. The zero-order valence-corrected chi connectivity index (χ0v) is 10.8. The smallest absolute Gasteiger partial charge is 0.135 e. The van der Waals surface area contributed by atoms with E-state index in [0.29, 0.717) is 5.78 Å². The summed E-state index contributed by atoms with van der Waals surface area (Å²) in [7, 11) is 1.66. The topological polar surface area (TPSA) is 26.3 Å². The molecule has 0 saturated heterocycles. The van der Waals surface area contributed by atoms with Crippen LogP contribution in [0.3, 0.4) is 0 Å². The summed E-state index contributed by atoms with van der Waals surface area (Å²) in [6.07, 6.45) is 4.63. The van der Waals surface area contributed by atoms with Gasteiger partial charge in [-0.15, -0.1) is 0 Å². The fourth-order valence-electron chi connectivity index (χ4n) is 2.47. The van der Waals surface area contributed by atoms with Gasteiger partial charge in [0, 0.05) is 17.4 Å². The third-order valence-corrected chi connectivity index (χ3v) is 3.67. The van der Waals surface area contributed by atoms with E-state index in [0.717, 1.165) is 48.4 Å². The van der Waals surface area contributed by atoms with E-state index in [4.69, 9.17) is 16.3 Å². The molecular weight excluding hydrogens is 236 g/mol. The van der Waals surface area contributed by atoms with E-state index >= 15 is 0 Å². The van der Waals surface area contributed by atoms with Crippen molar-refractivity contribution in [2.45, 2.75) is 32.1 Å². The van der Waals surface area contributed by atoms with Gasteiger partial charge in [-0.1, -0.05) is 11.6 Å². The van der Waals surface area contributed by atoms with E-state index in [1.807, 2.05) is 18.2 Å². The first-order valence-corrected chi connectivity index (χ1v) is 6.43. The van der Waals surface area contributed by atoms with Gasteiger partial charge in [-0.3, -0.25) is 4.79 Å². The Balaban J connectivity index is 2.02. The fraction of sp³-hybridized carbons (Fsp3) is 0.500. The first kappa shape index (κ1) is 12.4. The van der Waals surface area contributed by atoms with Gasteiger partial charge in [0.15, 0.2) is 0 Å². The summed E-state index contributed by atoms with van der Waals surface area (Å²) in [6.45, 7) is 0. The van der Waals surface area contributed by atoms with Crippen LogP contribution in [0.15, 0.2) is 18.2 Å². The average molecular weight is 253 g/mol. The standard InChI is InChI=1S/C14H17ClO2/c1-17-14-8-7-12(15)9-11(14)6-5-10-3-2-4-13(10)16/h7-10H,2-6H2,1H3. The predicted molar refractivity (Wildman–Crippen MR) is 68.7 cm³/mol. The molecule has 2 rings (SSSR count). The van der Waals surface area contributed by atoms with E-state index in [1.165, 1.54) is 0 Å². The highest BCUT2D eigenvalue weighted by Crippen LogP contribution is 2.29. The summed E-state index contributed by atoms with van der Waals surface area (Å²) < 4.78 is 5.30. The van der Waals surface area contributed by atoms with Crippen LogP contribution in [-0.2, 0) is 11.2 Å². The number of aryl methyl sites for hydroxylation is 1. The Labute approximate surface area is 107 Å². The second-order valence-corrected chi connectivity index (χ2v) is 4.99. The van der Waals surface area contributed by atoms with Crippen LogP contribution in [0.5, 0.6) is 5.75 Å². The van der Waals surface area contributed by atoms with Crippen LogP contribution in [0.25, 0.3) is 0 Å². The second kappa shape index (κ2) is 5.54. The van der Waals surface area contributed by atoms with Crippen LogP contribution < -0.4 is 4.74 Å². The zero-order valence-electron chi connectivity index (χ0n) is 10.0. The lowest BCUT2D eigenvalue weighted by molar-refractivity contribution is -0.120. The van der Waals surface area contributed by atoms with Crippen molar-refractivity contribution >= 4 is 17.4 Å². The minimum atomic E-state index is 0.249. The van der Waals surface area contributed by atoms with Crippen LogP contribution in [0.2, 0.25) is 5.02 Å². The Morgan fingerprint density at radius 3 is 2.94 bits per heavy atom. The molecule has 0 N–H and O–H groups in total. The number of rotatable bonds is 4. The highest BCUT2D eigenvalue weighted by molar-refractivity contribution is 6.30. The van der Waals surface area contributed by atoms with Crippen LogP contribution in [0.1, 0.15) is 31.2 Å². The summed E-state index contributed by atoms with van der Waals surface area (Å²) in [6, 6.07) is 5.64. The SMILES string of the molecule is COc1ccc(Cl)cc1CCC1CCCC1=O. The number of carbonyl (C=O) groups excluding carboxylic acids is 1. The van der Waals surface area contributed by atoms with Gasteiger partial charge in [0.2, 0.25) is 0 Å². The third kappa shape index (κ3) is 3.01. The maximum absolute atomic E-state index is 11.6. The molecule has 0 radical (unpaired) electrons. The maximum Gasteiger partial charge on any atom is 0.135 e. The zero-order chi connectivity index (χ0) is 12.3. The molecule has 1 aromatic rings. The van der Waals surface area contributed by atoms with Gasteiger partial charge in [-0.2, -0.15) is 0 Å². The lowest BCUT2D eigenvalue weighted by atomic mass is 9.97. The van der Waals surface area contributed by atoms with Crippen LogP contribution >= 0.6 is 11.6 Å². The van der Waals surface area contributed by atoms with Crippen LogP contribution in [-0.4, -0.2) is 12.9 Å². The number of hydrogen-bond donors (Lipinski definition) is 0. The Morgan fingerprint density at radius 2 is 2.29 bits per heavy atom. The number of Topliss-reactive ketones (excluding diaryl/α,β-unsaturated/α-hetero) is 1. The molecule has 1 unspecified atom stereocenters. The molecule has 0 amide bonds.